The Morgan fingerprint density at radius 3 is 2.93 bits per heavy atom. The van der Waals surface area contributed by atoms with Gasteiger partial charge in [-0.1, -0.05) is 0 Å². The number of carbonyl (C=O) groups excluding carboxylic acids is 1. The Hall–Kier alpha value is -1.41. The molecule has 0 aliphatic carbocycles. The van der Waals surface area contributed by atoms with Gasteiger partial charge in [0.15, 0.2) is 5.75 Å². The molecule has 1 heterocycles. The maximum atomic E-state index is 11.2. The van der Waals surface area contributed by atoms with Crippen LogP contribution in [-0.4, -0.2) is 37.2 Å². The molecule has 0 fully saturated rings. The number of hydrogen-bond acceptors (Lipinski definition) is 5. The fourth-order valence-corrected chi connectivity index (χ4v) is 1.74. The van der Waals surface area contributed by atoms with E-state index in [0.717, 1.165) is 7.11 Å². The Bertz CT molecular complexity index is 411. The van der Waals surface area contributed by atoms with Crippen molar-refractivity contribution in [3.63, 3.8) is 0 Å². The molecule has 0 atom stereocenters. The van der Waals surface area contributed by atoms with E-state index in [1.54, 1.807) is 0 Å². The van der Waals surface area contributed by atoms with Crippen molar-refractivity contribution in [1.29, 1.82) is 0 Å². The first-order chi connectivity index (χ1) is 7.03. The summed E-state index contributed by atoms with van der Waals surface area (Å²) in [5, 5.41) is 0. The molecule has 1 rings (SSSR count). The van der Waals surface area contributed by atoms with E-state index in [0.29, 0.717) is 5.69 Å². The van der Waals surface area contributed by atoms with Gasteiger partial charge in [-0.2, -0.15) is 0 Å². The molecule has 0 saturated heterocycles. The average molecular weight is 233 g/mol. The van der Waals surface area contributed by atoms with E-state index in [1.165, 1.54) is 12.5 Å². The van der Waals surface area contributed by atoms with Gasteiger partial charge in [0.1, 0.15) is 0 Å². The highest BCUT2D eigenvalue weighted by atomic mass is 32.2. The number of H-pyrrole nitrogens is 1. The van der Waals surface area contributed by atoms with Crippen molar-refractivity contribution >= 4 is 16.0 Å². The number of methoxy groups -OCH3 is 1. The summed E-state index contributed by atoms with van der Waals surface area (Å²) in [6.07, 6.45) is 2.92. The minimum absolute atomic E-state index is 0.0688. The Kier molecular flexibility index (Phi) is 3.81. The van der Waals surface area contributed by atoms with Crippen LogP contribution in [-0.2, 0) is 26.1 Å². The molecule has 0 saturated carbocycles. The van der Waals surface area contributed by atoms with Crippen LogP contribution in [0.2, 0.25) is 0 Å². The topological polar surface area (TPSA) is 101 Å². The average Bonchev–Trinajstić information content (AvgIpc) is 2.66. The Balaban J connectivity index is 2.47. The van der Waals surface area contributed by atoms with Crippen LogP contribution in [0.25, 0.3) is 0 Å². The predicted molar refractivity (Wildman–Crippen MR) is 51.2 cm³/mol. The predicted octanol–water partition coefficient (Wildman–Crippen LogP) is -0.998. The van der Waals surface area contributed by atoms with Gasteiger partial charge in [-0.3, -0.25) is 4.79 Å². The van der Waals surface area contributed by atoms with Crippen LogP contribution in [0.4, 0.5) is 0 Å². The van der Waals surface area contributed by atoms with Crippen molar-refractivity contribution in [3.8, 4) is 0 Å². The molecule has 0 aliphatic heterocycles. The molecule has 84 valence electrons. The quantitative estimate of drug-likeness (QED) is 0.635. The van der Waals surface area contributed by atoms with Gasteiger partial charge in [0, 0.05) is 11.9 Å². The van der Waals surface area contributed by atoms with Crippen LogP contribution >= 0.6 is 0 Å². The number of hydrogen-bond donors (Lipinski definition) is 2. The van der Waals surface area contributed by atoms with Gasteiger partial charge in [-0.25, -0.2) is 18.1 Å². The van der Waals surface area contributed by atoms with Crippen LogP contribution in [0.5, 0.6) is 0 Å². The number of nitrogens with zero attached hydrogens (tertiary/aromatic N) is 1. The van der Waals surface area contributed by atoms with E-state index in [4.69, 9.17) is 0 Å². The molecule has 0 amide bonds. The second kappa shape index (κ2) is 4.89. The van der Waals surface area contributed by atoms with Gasteiger partial charge >= 0.3 is 5.97 Å². The van der Waals surface area contributed by atoms with Gasteiger partial charge in [0.05, 0.1) is 20.0 Å². The lowest BCUT2D eigenvalue weighted by atomic mass is 10.5. The zero-order valence-electron chi connectivity index (χ0n) is 8.06. The monoisotopic (exact) mass is 233 g/mol. The first-order valence-electron chi connectivity index (χ1n) is 4.05. The molecule has 1 aromatic rings. The van der Waals surface area contributed by atoms with Crippen molar-refractivity contribution in [3.05, 3.63) is 18.2 Å². The van der Waals surface area contributed by atoms with E-state index in [9.17, 15) is 13.2 Å². The van der Waals surface area contributed by atoms with Crippen LogP contribution in [0.15, 0.2) is 12.5 Å². The highest BCUT2D eigenvalue weighted by Gasteiger charge is 2.16. The maximum absolute atomic E-state index is 11.2. The fraction of sp³-hybridized carbons (Fsp3) is 0.429. The summed E-state index contributed by atoms with van der Waals surface area (Å²) in [5.41, 5.74) is 0.614. The second-order valence-corrected chi connectivity index (χ2v) is 4.54. The minimum Gasteiger partial charge on any atom is -0.468 e. The number of ether oxygens (including phenoxy) is 1. The molecular weight excluding hydrogens is 222 g/mol. The highest BCUT2D eigenvalue weighted by molar-refractivity contribution is 7.90. The lowest BCUT2D eigenvalue weighted by molar-refractivity contribution is -0.137. The fourth-order valence-electron chi connectivity index (χ4n) is 0.834. The molecule has 7 nitrogen and oxygen atoms in total. The van der Waals surface area contributed by atoms with Crippen molar-refractivity contribution < 1.29 is 17.9 Å². The van der Waals surface area contributed by atoms with E-state index in [1.807, 2.05) is 0 Å². The lowest BCUT2D eigenvalue weighted by Gasteiger charge is -2.03. The zero-order valence-corrected chi connectivity index (χ0v) is 8.87. The van der Waals surface area contributed by atoms with E-state index in [-0.39, 0.29) is 6.54 Å². The number of carbonyl (C=O) groups is 1. The van der Waals surface area contributed by atoms with Crippen molar-refractivity contribution in [2.24, 2.45) is 0 Å². The second-order valence-electron chi connectivity index (χ2n) is 2.73. The third-order valence-corrected chi connectivity index (χ3v) is 2.77. The largest absolute Gasteiger partial charge is 0.468 e. The van der Waals surface area contributed by atoms with E-state index < -0.39 is 21.7 Å². The molecule has 0 bridgehead atoms. The number of esters is 1. The number of aromatic nitrogens is 2. The van der Waals surface area contributed by atoms with Gasteiger partial charge < -0.3 is 9.72 Å². The number of sulfonamides is 1. The van der Waals surface area contributed by atoms with Gasteiger partial charge in [0.25, 0.3) is 0 Å². The van der Waals surface area contributed by atoms with Gasteiger partial charge in [0.2, 0.25) is 10.0 Å². The SMILES string of the molecule is COC(=O)CS(=O)(=O)NCc1cnc[nH]1. The normalized spacial score (nSPS) is 11.3. The highest BCUT2D eigenvalue weighted by Crippen LogP contribution is 1.93. The summed E-state index contributed by atoms with van der Waals surface area (Å²) < 4.78 is 29.0. The number of imidazole rings is 1. The molecule has 8 heteroatoms. The first-order valence-corrected chi connectivity index (χ1v) is 5.70. The Morgan fingerprint density at radius 1 is 1.67 bits per heavy atom. The van der Waals surface area contributed by atoms with Crippen LogP contribution in [0, 0.1) is 0 Å². The number of rotatable bonds is 5. The van der Waals surface area contributed by atoms with E-state index in [2.05, 4.69) is 19.4 Å². The van der Waals surface area contributed by atoms with E-state index >= 15 is 0 Å². The Labute approximate surface area is 86.9 Å². The van der Waals surface area contributed by atoms with Gasteiger partial charge in [-0.05, 0) is 0 Å². The molecule has 0 unspecified atom stereocenters. The van der Waals surface area contributed by atoms with Crippen molar-refractivity contribution in [2.45, 2.75) is 6.54 Å². The molecule has 1 aromatic heterocycles. The summed E-state index contributed by atoms with van der Waals surface area (Å²) in [4.78, 5) is 17.2. The molecule has 15 heavy (non-hydrogen) atoms. The molecule has 0 radical (unpaired) electrons. The molecule has 2 N–H and O–H groups in total. The molecular formula is C7H11N3O4S. The van der Waals surface area contributed by atoms with Gasteiger partial charge in [-0.15, -0.1) is 0 Å². The summed E-state index contributed by atoms with van der Waals surface area (Å²) in [7, 11) is -2.51. The maximum Gasteiger partial charge on any atom is 0.322 e. The smallest absolute Gasteiger partial charge is 0.322 e. The third-order valence-electron chi connectivity index (χ3n) is 1.57. The summed E-state index contributed by atoms with van der Waals surface area (Å²) >= 11 is 0. The summed E-state index contributed by atoms with van der Waals surface area (Å²) in [6, 6.07) is 0. The first kappa shape index (κ1) is 11.7. The van der Waals surface area contributed by atoms with Crippen LogP contribution in [0.1, 0.15) is 5.69 Å². The van der Waals surface area contributed by atoms with Crippen molar-refractivity contribution in [1.82, 2.24) is 14.7 Å². The molecule has 0 spiro atoms. The van der Waals surface area contributed by atoms with Crippen molar-refractivity contribution in [2.75, 3.05) is 12.9 Å². The third kappa shape index (κ3) is 4.09. The number of aromatic amines is 1. The number of nitrogens with one attached hydrogen (secondary N) is 2. The zero-order chi connectivity index (χ0) is 11.3. The van der Waals surface area contributed by atoms with Crippen LogP contribution < -0.4 is 4.72 Å². The minimum atomic E-state index is -3.64. The summed E-state index contributed by atoms with van der Waals surface area (Å²) in [6.45, 7) is 0.0688. The standard InChI is InChI=1S/C7H11N3O4S/c1-14-7(11)4-15(12,13)10-3-6-2-8-5-9-6/h2,5,10H,3-4H2,1H3,(H,8,9). The Morgan fingerprint density at radius 2 is 2.40 bits per heavy atom. The van der Waals surface area contributed by atoms with Crippen LogP contribution in [0.3, 0.4) is 0 Å². The lowest BCUT2D eigenvalue weighted by Crippen LogP contribution is -2.30. The molecule has 0 aromatic carbocycles. The summed E-state index contributed by atoms with van der Waals surface area (Å²) in [5.74, 6) is -1.48. The molecule has 0 aliphatic rings.